The quantitative estimate of drug-likeness (QED) is 0.603. The van der Waals surface area contributed by atoms with Crippen LogP contribution >= 0.6 is 0 Å². The Kier molecular flexibility index (Phi) is 4.62. The van der Waals surface area contributed by atoms with Gasteiger partial charge in [0.15, 0.2) is 0 Å². The van der Waals surface area contributed by atoms with Gasteiger partial charge in [0.25, 0.3) is 0 Å². The molecular formula is C13H19N3O4S. The second-order valence-electron chi connectivity index (χ2n) is 5.03. The molecule has 1 saturated heterocycles. The lowest BCUT2D eigenvalue weighted by atomic mass is 10.2. The lowest BCUT2D eigenvalue weighted by Gasteiger charge is -2.13. The number of carbonyl (C=O) groups excluding carboxylic acids is 1. The first kappa shape index (κ1) is 15.9. The number of β-amino-alcohol motifs (C(OH)–C–C–N with tert-alkyl or cyclic N) is 1. The molecule has 2 unspecified atom stereocenters. The van der Waals surface area contributed by atoms with Gasteiger partial charge in [0, 0.05) is 12.2 Å². The van der Waals surface area contributed by atoms with Crippen LogP contribution in [0.3, 0.4) is 0 Å². The van der Waals surface area contributed by atoms with Crippen molar-refractivity contribution in [1.29, 1.82) is 0 Å². The van der Waals surface area contributed by atoms with Gasteiger partial charge in [0.1, 0.15) is 0 Å². The average molecular weight is 313 g/mol. The molecule has 1 amide bonds. The van der Waals surface area contributed by atoms with Crippen molar-refractivity contribution in [2.75, 3.05) is 18.9 Å². The normalized spacial score (nSPS) is 22.2. The number of aliphatic hydroxyl groups is 1. The number of nitrogens with one attached hydrogen (secondary N) is 3. The van der Waals surface area contributed by atoms with E-state index in [4.69, 9.17) is 0 Å². The van der Waals surface area contributed by atoms with Crippen LogP contribution in [0.5, 0.6) is 0 Å². The molecule has 0 aliphatic carbocycles. The predicted octanol–water partition coefficient (Wildman–Crippen LogP) is -0.436. The topological polar surface area (TPSA) is 108 Å². The molecule has 0 spiro atoms. The van der Waals surface area contributed by atoms with Gasteiger partial charge in [0.2, 0.25) is 15.9 Å². The zero-order valence-corrected chi connectivity index (χ0v) is 12.7. The Labute approximate surface area is 123 Å². The Morgan fingerprint density at radius 1 is 1.43 bits per heavy atom. The predicted molar refractivity (Wildman–Crippen MR) is 78.5 cm³/mol. The Morgan fingerprint density at radius 3 is 2.71 bits per heavy atom. The summed E-state index contributed by atoms with van der Waals surface area (Å²) in [5.41, 5.74) is 0.999. The summed E-state index contributed by atoms with van der Waals surface area (Å²) in [6.45, 7) is 2.07. The van der Waals surface area contributed by atoms with Gasteiger partial charge in [-0.1, -0.05) is 6.07 Å². The fraction of sp³-hybridized carbons (Fsp3) is 0.462. The number of aryl methyl sites for hydroxylation is 1. The minimum absolute atomic E-state index is 0.127. The second-order valence-corrected chi connectivity index (χ2v) is 6.88. The maximum Gasteiger partial charge on any atom is 0.241 e. The monoisotopic (exact) mass is 313 g/mol. The van der Waals surface area contributed by atoms with E-state index in [0.717, 1.165) is 0 Å². The number of benzene rings is 1. The number of carbonyl (C=O) groups is 1. The first-order valence-electron chi connectivity index (χ1n) is 6.60. The van der Waals surface area contributed by atoms with Crippen LogP contribution < -0.4 is 15.4 Å². The third kappa shape index (κ3) is 3.59. The van der Waals surface area contributed by atoms with Gasteiger partial charge in [-0.15, -0.1) is 0 Å². The summed E-state index contributed by atoms with van der Waals surface area (Å²) in [5.74, 6) is -0.289. The highest BCUT2D eigenvalue weighted by atomic mass is 32.2. The third-order valence-electron chi connectivity index (χ3n) is 3.44. The van der Waals surface area contributed by atoms with Gasteiger partial charge in [0.05, 0.1) is 17.0 Å². The summed E-state index contributed by atoms with van der Waals surface area (Å²) >= 11 is 0. The van der Waals surface area contributed by atoms with E-state index in [1.807, 2.05) is 0 Å². The molecule has 2 rings (SSSR count). The van der Waals surface area contributed by atoms with Crippen LogP contribution in [0, 0.1) is 6.92 Å². The van der Waals surface area contributed by atoms with E-state index < -0.39 is 22.2 Å². The molecular weight excluding hydrogens is 294 g/mol. The van der Waals surface area contributed by atoms with E-state index in [2.05, 4.69) is 15.4 Å². The number of hydrogen-bond donors (Lipinski definition) is 4. The van der Waals surface area contributed by atoms with Crippen molar-refractivity contribution in [3.63, 3.8) is 0 Å². The van der Waals surface area contributed by atoms with Gasteiger partial charge in [-0.25, -0.2) is 13.1 Å². The van der Waals surface area contributed by atoms with E-state index in [1.54, 1.807) is 19.1 Å². The summed E-state index contributed by atoms with van der Waals surface area (Å²) in [5, 5.41) is 15.0. The van der Waals surface area contributed by atoms with E-state index in [-0.39, 0.29) is 10.8 Å². The highest BCUT2D eigenvalue weighted by Gasteiger charge is 2.28. The SMILES string of the molecule is CNS(=O)(=O)c1cc(NC(=O)C2CC(O)CN2)ccc1C. The lowest BCUT2D eigenvalue weighted by Crippen LogP contribution is -2.35. The van der Waals surface area contributed by atoms with Crippen molar-refractivity contribution in [2.45, 2.75) is 30.4 Å². The highest BCUT2D eigenvalue weighted by molar-refractivity contribution is 7.89. The molecule has 2 atom stereocenters. The lowest BCUT2D eigenvalue weighted by molar-refractivity contribution is -0.117. The minimum atomic E-state index is -3.57. The van der Waals surface area contributed by atoms with Crippen LogP contribution in [-0.2, 0) is 14.8 Å². The third-order valence-corrected chi connectivity index (χ3v) is 4.99. The molecule has 0 radical (unpaired) electrons. The first-order chi connectivity index (χ1) is 9.83. The molecule has 1 aromatic rings. The van der Waals surface area contributed by atoms with E-state index in [9.17, 15) is 18.3 Å². The smallest absolute Gasteiger partial charge is 0.241 e. The number of sulfonamides is 1. The number of amides is 1. The number of anilines is 1. The highest BCUT2D eigenvalue weighted by Crippen LogP contribution is 2.20. The van der Waals surface area contributed by atoms with Crippen LogP contribution in [0.15, 0.2) is 23.1 Å². The van der Waals surface area contributed by atoms with Gasteiger partial charge in [-0.05, 0) is 38.1 Å². The summed E-state index contributed by atoms with van der Waals surface area (Å²) in [6, 6.07) is 4.24. The second kappa shape index (κ2) is 6.10. The maximum absolute atomic E-state index is 12.0. The zero-order valence-electron chi connectivity index (χ0n) is 11.9. The van der Waals surface area contributed by atoms with Gasteiger partial charge < -0.3 is 15.7 Å². The molecule has 0 bridgehead atoms. The van der Waals surface area contributed by atoms with E-state index in [1.165, 1.54) is 13.1 Å². The fourth-order valence-corrected chi connectivity index (χ4v) is 3.22. The largest absolute Gasteiger partial charge is 0.392 e. The first-order valence-corrected chi connectivity index (χ1v) is 8.08. The Bertz CT molecular complexity index is 645. The van der Waals surface area contributed by atoms with Crippen LogP contribution in [0.4, 0.5) is 5.69 Å². The zero-order chi connectivity index (χ0) is 15.6. The van der Waals surface area contributed by atoms with E-state index >= 15 is 0 Å². The van der Waals surface area contributed by atoms with Gasteiger partial charge >= 0.3 is 0 Å². The van der Waals surface area contributed by atoms with Crippen molar-refractivity contribution in [3.8, 4) is 0 Å². The molecule has 4 N–H and O–H groups in total. The number of rotatable bonds is 4. The van der Waals surface area contributed by atoms with Crippen molar-refractivity contribution >= 4 is 21.6 Å². The number of hydrogen-bond acceptors (Lipinski definition) is 5. The van der Waals surface area contributed by atoms with Crippen LogP contribution in [0.1, 0.15) is 12.0 Å². The summed E-state index contributed by atoms with van der Waals surface area (Å²) in [4.78, 5) is 12.2. The van der Waals surface area contributed by atoms with Crippen molar-refractivity contribution in [1.82, 2.24) is 10.0 Å². The minimum Gasteiger partial charge on any atom is -0.392 e. The Morgan fingerprint density at radius 2 is 2.14 bits per heavy atom. The summed E-state index contributed by atoms with van der Waals surface area (Å²) in [7, 11) is -2.23. The summed E-state index contributed by atoms with van der Waals surface area (Å²) in [6.07, 6.45) is -0.182. The Balaban J connectivity index is 2.18. The van der Waals surface area contributed by atoms with E-state index in [0.29, 0.717) is 24.2 Å². The maximum atomic E-state index is 12.0. The Hall–Kier alpha value is -1.48. The van der Waals surface area contributed by atoms with Crippen molar-refractivity contribution in [3.05, 3.63) is 23.8 Å². The molecule has 7 nitrogen and oxygen atoms in total. The van der Waals surface area contributed by atoms with Gasteiger partial charge in [-0.3, -0.25) is 4.79 Å². The molecule has 116 valence electrons. The van der Waals surface area contributed by atoms with Gasteiger partial charge in [-0.2, -0.15) is 0 Å². The molecule has 0 aromatic heterocycles. The molecule has 0 saturated carbocycles. The van der Waals surface area contributed by atoms with Crippen LogP contribution in [0.25, 0.3) is 0 Å². The molecule has 1 aliphatic rings. The average Bonchev–Trinajstić information content (AvgIpc) is 2.87. The van der Waals surface area contributed by atoms with Crippen LogP contribution in [0.2, 0.25) is 0 Å². The molecule has 1 aliphatic heterocycles. The van der Waals surface area contributed by atoms with Crippen LogP contribution in [-0.4, -0.2) is 45.2 Å². The fourth-order valence-electron chi connectivity index (χ4n) is 2.22. The molecule has 8 heteroatoms. The summed E-state index contributed by atoms with van der Waals surface area (Å²) < 4.78 is 26.0. The molecule has 21 heavy (non-hydrogen) atoms. The standard InChI is InChI=1S/C13H19N3O4S/c1-8-3-4-9(5-12(8)21(19,20)14-2)16-13(18)11-6-10(17)7-15-11/h3-5,10-11,14-15,17H,6-7H2,1-2H3,(H,16,18). The molecule has 1 fully saturated rings. The van der Waals surface area contributed by atoms with Crippen molar-refractivity contribution < 1.29 is 18.3 Å². The molecule has 1 heterocycles. The van der Waals surface area contributed by atoms with Crippen molar-refractivity contribution in [2.24, 2.45) is 0 Å². The number of aliphatic hydroxyl groups excluding tert-OH is 1. The molecule has 1 aromatic carbocycles.